The average Bonchev–Trinajstić information content (AvgIpc) is 2.54. The molecular formula is C20H20O. The molecule has 0 aromatic heterocycles. The zero-order valence-electron chi connectivity index (χ0n) is 12.4. The SMILES string of the molecule is CC1(c2ccccc2)CCC/C(=C/c2ccccc2)C1=O. The van der Waals surface area contributed by atoms with Crippen LogP contribution in [0.1, 0.15) is 37.3 Å². The predicted octanol–water partition coefficient (Wildman–Crippen LogP) is 4.78. The van der Waals surface area contributed by atoms with Crippen molar-refractivity contribution in [3.05, 3.63) is 77.4 Å². The monoisotopic (exact) mass is 276 g/mol. The van der Waals surface area contributed by atoms with E-state index >= 15 is 0 Å². The van der Waals surface area contributed by atoms with E-state index in [2.05, 4.69) is 37.3 Å². The molecule has 21 heavy (non-hydrogen) atoms. The minimum atomic E-state index is -0.375. The number of allylic oxidation sites excluding steroid dienone is 1. The molecule has 0 amide bonds. The van der Waals surface area contributed by atoms with Crippen LogP contribution in [-0.2, 0) is 10.2 Å². The molecule has 0 radical (unpaired) electrons. The Hall–Kier alpha value is -2.15. The Morgan fingerprint density at radius 1 is 0.952 bits per heavy atom. The van der Waals surface area contributed by atoms with Gasteiger partial charge in [-0.3, -0.25) is 4.79 Å². The number of rotatable bonds is 2. The van der Waals surface area contributed by atoms with Crippen LogP contribution in [0, 0.1) is 0 Å². The highest BCUT2D eigenvalue weighted by Crippen LogP contribution is 2.39. The van der Waals surface area contributed by atoms with Crippen molar-refractivity contribution in [3.63, 3.8) is 0 Å². The standard InChI is InChI=1S/C20H20O/c1-20(18-12-6-3-7-13-18)14-8-11-17(19(20)21)15-16-9-4-2-5-10-16/h2-7,9-10,12-13,15H,8,11,14H2,1H3/b17-15-. The van der Waals surface area contributed by atoms with Gasteiger partial charge in [0.15, 0.2) is 5.78 Å². The third-order valence-electron chi connectivity index (χ3n) is 4.47. The van der Waals surface area contributed by atoms with Crippen molar-refractivity contribution in [1.82, 2.24) is 0 Å². The summed E-state index contributed by atoms with van der Waals surface area (Å²) in [5.41, 5.74) is 2.82. The average molecular weight is 276 g/mol. The number of benzene rings is 2. The van der Waals surface area contributed by atoms with E-state index < -0.39 is 0 Å². The largest absolute Gasteiger partial charge is 0.294 e. The van der Waals surface area contributed by atoms with E-state index in [1.807, 2.05) is 36.4 Å². The highest BCUT2D eigenvalue weighted by Gasteiger charge is 2.39. The minimum absolute atomic E-state index is 0.281. The van der Waals surface area contributed by atoms with Crippen LogP contribution in [0.2, 0.25) is 0 Å². The second kappa shape index (κ2) is 5.69. The molecule has 1 unspecified atom stereocenters. The molecule has 2 aromatic rings. The van der Waals surface area contributed by atoms with Crippen molar-refractivity contribution in [2.24, 2.45) is 0 Å². The molecule has 1 saturated carbocycles. The zero-order chi connectivity index (χ0) is 14.7. The van der Waals surface area contributed by atoms with E-state index in [1.54, 1.807) is 0 Å². The fourth-order valence-corrected chi connectivity index (χ4v) is 3.18. The first-order valence-electron chi connectivity index (χ1n) is 7.56. The molecule has 1 fully saturated rings. The van der Waals surface area contributed by atoms with Crippen LogP contribution >= 0.6 is 0 Å². The summed E-state index contributed by atoms with van der Waals surface area (Å²) < 4.78 is 0. The summed E-state index contributed by atoms with van der Waals surface area (Å²) in [6.45, 7) is 2.09. The Morgan fingerprint density at radius 3 is 2.24 bits per heavy atom. The molecule has 0 aliphatic heterocycles. The van der Waals surface area contributed by atoms with Crippen LogP contribution < -0.4 is 0 Å². The van der Waals surface area contributed by atoms with Gasteiger partial charge in [-0.05, 0) is 49.0 Å². The van der Waals surface area contributed by atoms with Crippen molar-refractivity contribution in [2.75, 3.05) is 0 Å². The van der Waals surface area contributed by atoms with Gasteiger partial charge in [0, 0.05) is 0 Å². The molecule has 0 saturated heterocycles. The normalized spacial score (nSPS) is 24.2. The molecule has 2 aromatic carbocycles. The van der Waals surface area contributed by atoms with E-state index in [0.717, 1.165) is 36.0 Å². The fraction of sp³-hybridized carbons (Fsp3) is 0.250. The molecule has 1 nitrogen and oxygen atoms in total. The summed E-state index contributed by atoms with van der Waals surface area (Å²) >= 11 is 0. The van der Waals surface area contributed by atoms with Gasteiger partial charge >= 0.3 is 0 Å². The molecule has 1 atom stereocenters. The summed E-state index contributed by atoms with van der Waals surface area (Å²) in [6, 6.07) is 20.3. The van der Waals surface area contributed by atoms with Gasteiger partial charge in [-0.25, -0.2) is 0 Å². The molecule has 1 heteroatoms. The Labute approximate surface area is 126 Å². The second-order valence-corrected chi connectivity index (χ2v) is 5.96. The van der Waals surface area contributed by atoms with Crippen molar-refractivity contribution in [1.29, 1.82) is 0 Å². The molecule has 3 rings (SSSR count). The number of carbonyl (C=O) groups excluding carboxylic acids is 1. The number of Topliss-reactive ketones (excluding diaryl/α,β-unsaturated/α-hetero) is 1. The maximum absolute atomic E-state index is 13.0. The van der Waals surface area contributed by atoms with Crippen molar-refractivity contribution < 1.29 is 4.79 Å². The van der Waals surface area contributed by atoms with Gasteiger partial charge in [0.25, 0.3) is 0 Å². The smallest absolute Gasteiger partial charge is 0.169 e. The molecule has 0 heterocycles. The van der Waals surface area contributed by atoms with Crippen LogP contribution in [0.3, 0.4) is 0 Å². The van der Waals surface area contributed by atoms with E-state index in [1.165, 1.54) is 0 Å². The Kier molecular flexibility index (Phi) is 3.74. The van der Waals surface area contributed by atoms with Gasteiger partial charge in [0.1, 0.15) is 0 Å². The fourth-order valence-electron chi connectivity index (χ4n) is 3.18. The van der Waals surface area contributed by atoms with E-state index in [9.17, 15) is 4.79 Å². The van der Waals surface area contributed by atoms with E-state index in [-0.39, 0.29) is 11.2 Å². The van der Waals surface area contributed by atoms with Crippen LogP contribution in [0.15, 0.2) is 66.2 Å². The van der Waals surface area contributed by atoms with E-state index in [0.29, 0.717) is 0 Å². The summed E-state index contributed by atoms with van der Waals surface area (Å²) in [6.07, 6.45) is 4.94. The minimum Gasteiger partial charge on any atom is -0.294 e. The highest BCUT2D eigenvalue weighted by molar-refractivity contribution is 6.07. The number of ketones is 1. The summed E-state index contributed by atoms with van der Waals surface area (Å²) in [4.78, 5) is 13.0. The van der Waals surface area contributed by atoms with Crippen LogP contribution in [0.4, 0.5) is 0 Å². The first-order chi connectivity index (χ1) is 10.2. The van der Waals surface area contributed by atoms with Gasteiger partial charge in [-0.1, -0.05) is 60.7 Å². The molecule has 0 N–H and O–H groups in total. The lowest BCUT2D eigenvalue weighted by molar-refractivity contribution is -0.121. The van der Waals surface area contributed by atoms with Crippen molar-refractivity contribution in [3.8, 4) is 0 Å². The Morgan fingerprint density at radius 2 is 1.57 bits per heavy atom. The van der Waals surface area contributed by atoms with Crippen LogP contribution in [0.25, 0.3) is 6.08 Å². The quantitative estimate of drug-likeness (QED) is 0.721. The molecule has 1 aliphatic carbocycles. The van der Waals surface area contributed by atoms with Gasteiger partial charge in [-0.2, -0.15) is 0 Å². The van der Waals surface area contributed by atoms with Gasteiger partial charge < -0.3 is 0 Å². The lowest BCUT2D eigenvalue weighted by Gasteiger charge is -2.34. The Bertz CT molecular complexity index is 655. The predicted molar refractivity (Wildman–Crippen MR) is 87.1 cm³/mol. The summed E-state index contributed by atoms with van der Waals surface area (Å²) in [5, 5.41) is 0. The molecule has 0 bridgehead atoms. The zero-order valence-corrected chi connectivity index (χ0v) is 12.4. The highest BCUT2D eigenvalue weighted by atomic mass is 16.1. The third kappa shape index (κ3) is 2.69. The third-order valence-corrected chi connectivity index (χ3v) is 4.47. The first kappa shape index (κ1) is 13.8. The maximum atomic E-state index is 13.0. The van der Waals surface area contributed by atoms with Gasteiger partial charge in [-0.15, -0.1) is 0 Å². The van der Waals surface area contributed by atoms with Crippen LogP contribution in [0.5, 0.6) is 0 Å². The molecule has 106 valence electrons. The molecule has 0 spiro atoms. The summed E-state index contributed by atoms with van der Waals surface area (Å²) in [5.74, 6) is 0.281. The second-order valence-electron chi connectivity index (χ2n) is 5.96. The lowest BCUT2D eigenvalue weighted by atomic mass is 9.68. The van der Waals surface area contributed by atoms with E-state index in [4.69, 9.17) is 0 Å². The molecule has 1 aliphatic rings. The topological polar surface area (TPSA) is 17.1 Å². The number of hydrogen-bond donors (Lipinski definition) is 0. The van der Waals surface area contributed by atoms with Crippen molar-refractivity contribution in [2.45, 2.75) is 31.6 Å². The first-order valence-corrected chi connectivity index (χ1v) is 7.56. The summed E-state index contributed by atoms with van der Waals surface area (Å²) in [7, 11) is 0. The van der Waals surface area contributed by atoms with Crippen LogP contribution in [-0.4, -0.2) is 5.78 Å². The number of hydrogen-bond acceptors (Lipinski definition) is 1. The van der Waals surface area contributed by atoms with Gasteiger partial charge in [0.2, 0.25) is 0 Å². The lowest BCUT2D eigenvalue weighted by Crippen LogP contribution is -2.37. The maximum Gasteiger partial charge on any atom is 0.169 e. The van der Waals surface area contributed by atoms with Crippen molar-refractivity contribution >= 4 is 11.9 Å². The Balaban J connectivity index is 1.96. The molecular weight excluding hydrogens is 256 g/mol. The number of carbonyl (C=O) groups is 1. The van der Waals surface area contributed by atoms with Gasteiger partial charge in [0.05, 0.1) is 5.41 Å².